The Bertz CT molecular complexity index is 716. The molecule has 1 aromatic carbocycles. The number of hydrogen-bond donors (Lipinski definition) is 0. The maximum Gasteiger partial charge on any atom is 0.336 e. The van der Waals surface area contributed by atoms with E-state index in [0.717, 1.165) is 4.31 Å². The van der Waals surface area contributed by atoms with Gasteiger partial charge in [-0.25, -0.2) is 17.5 Å². The van der Waals surface area contributed by atoms with Gasteiger partial charge in [0.2, 0.25) is 10.0 Å². The van der Waals surface area contributed by atoms with Crippen molar-refractivity contribution in [1.29, 1.82) is 0 Å². The minimum absolute atomic E-state index is 0.170. The summed E-state index contributed by atoms with van der Waals surface area (Å²) in [5.74, 6) is 0. The van der Waals surface area contributed by atoms with Crippen molar-refractivity contribution < 1.29 is 12.8 Å². The third kappa shape index (κ3) is 2.09. The summed E-state index contributed by atoms with van der Waals surface area (Å²) in [6.07, 6.45) is 0. The number of rotatable bonds is 2. The van der Waals surface area contributed by atoms with E-state index in [-0.39, 0.29) is 4.90 Å². The summed E-state index contributed by atoms with van der Waals surface area (Å²) in [6, 6.07) is 7.17. The Morgan fingerprint density at radius 2 is 1.82 bits per heavy atom. The van der Waals surface area contributed by atoms with E-state index >= 15 is 0 Å². The zero-order valence-corrected chi connectivity index (χ0v) is 10.2. The first-order valence-electron chi connectivity index (χ1n) is 4.88. The van der Waals surface area contributed by atoms with E-state index < -0.39 is 15.6 Å². The van der Waals surface area contributed by atoms with Crippen molar-refractivity contribution in [3.8, 4) is 0 Å². The Morgan fingerprint density at radius 1 is 1.12 bits per heavy atom. The number of nitrogens with zero attached hydrogens (tertiary/aromatic N) is 1. The highest BCUT2D eigenvalue weighted by Gasteiger charge is 2.17. The van der Waals surface area contributed by atoms with Gasteiger partial charge < -0.3 is 4.42 Å². The molecule has 0 aliphatic carbocycles. The fourth-order valence-corrected chi connectivity index (χ4v) is 2.36. The van der Waals surface area contributed by atoms with Crippen molar-refractivity contribution in [2.45, 2.75) is 4.90 Å². The second kappa shape index (κ2) is 3.97. The quantitative estimate of drug-likeness (QED) is 0.750. The summed E-state index contributed by atoms with van der Waals surface area (Å²) in [7, 11) is -0.539. The summed E-state index contributed by atoms with van der Waals surface area (Å²) in [5, 5.41) is 0.576. The fraction of sp³-hybridized carbons (Fsp3) is 0.182. The smallest absolute Gasteiger partial charge is 0.336 e. The largest absolute Gasteiger partial charge is 0.423 e. The lowest BCUT2D eigenvalue weighted by Crippen LogP contribution is -2.22. The average molecular weight is 253 g/mol. The standard InChI is InChI=1S/C11H11NO4S/c1-12(2)17(14,15)9-4-5-10-8(7-9)3-6-11(13)16-10/h3-7H,1-2H3. The summed E-state index contributed by atoms with van der Waals surface area (Å²) in [4.78, 5) is 11.2. The molecule has 2 rings (SSSR count). The first-order chi connectivity index (χ1) is 7.91. The van der Waals surface area contributed by atoms with Gasteiger partial charge in [0, 0.05) is 25.5 Å². The van der Waals surface area contributed by atoms with Crippen LogP contribution in [0.2, 0.25) is 0 Å². The Balaban J connectivity index is 2.68. The molecule has 1 heterocycles. The molecular weight excluding hydrogens is 242 g/mol. The molecular formula is C11H11NO4S. The predicted molar refractivity (Wildman–Crippen MR) is 63.4 cm³/mol. The number of benzene rings is 1. The van der Waals surface area contributed by atoms with Gasteiger partial charge >= 0.3 is 5.63 Å². The van der Waals surface area contributed by atoms with Crippen LogP contribution < -0.4 is 5.63 Å². The molecule has 0 saturated carbocycles. The molecule has 17 heavy (non-hydrogen) atoms. The monoisotopic (exact) mass is 253 g/mol. The number of sulfonamides is 1. The maximum absolute atomic E-state index is 11.9. The van der Waals surface area contributed by atoms with Crippen LogP contribution in [0.25, 0.3) is 11.0 Å². The van der Waals surface area contributed by atoms with Crippen molar-refractivity contribution in [2.75, 3.05) is 14.1 Å². The molecule has 6 heteroatoms. The maximum atomic E-state index is 11.9. The molecule has 0 saturated heterocycles. The molecule has 0 unspecified atom stereocenters. The lowest BCUT2D eigenvalue weighted by atomic mass is 10.2. The van der Waals surface area contributed by atoms with E-state index in [1.54, 1.807) is 0 Å². The predicted octanol–water partition coefficient (Wildman–Crippen LogP) is 1.04. The second-order valence-electron chi connectivity index (χ2n) is 3.74. The van der Waals surface area contributed by atoms with Crippen molar-refractivity contribution >= 4 is 21.0 Å². The van der Waals surface area contributed by atoms with Gasteiger partial charge in [-0.15, -0.1) is 0 Å². The van der Waals surface area contributed by atoms with Crippen LogP contribution in [0.1, 0.15) is 0 Å². The zero-order valence-electron chi connectivity index (χ0n) is 9.38. The van der Waals surface area contributed by atoms with Crippen LogP contribution in [0.3, 0.4) is 0 Å². The molecule has 90 valence electrons. The van der Waals surface area contributed by atoms with Gasteiger partial charge in [-0.3, -0.25) is 0 Å². The third-order valence-electron chi connectivity index (χ3n) is 2.37. The van der Waals surface area contributed by atoms with E-state index in [9.17, 15) is 13.2 Å². The molecule has 0 radical (unpaired) electrons. The van der Waals surface area contributed by atoms with Crippen molar-refractivity contribution in [2.24, 2.45) is 0 Å². The molecule has 1 aromatic heterocycles. The van der Waals surface area contributed by atoms with Gasteiger partial charge in [-0.2, -0.15) is 0 Å². The van der Waals surface area contributed by atoms with Gasteiger partial charge in [0.25, 0.3) is 0 Å². The van der Waals surface area contributed by atoms with Crippen molar-refractivity contribution in [3.05, 3.63) is 40.8 Å². The van der Waals surface area contributed by atoms with Gasteiger partial charge in [0.05, 0.1) is 4.90 Å². The Morgan fingerprint density at radius 3 is 2.47 bits per heavy atom. The molecule has 0 spiro atoms. The van der Waals surface area contributed by atoms with E-state index in [2.05, 4.69) is 0 Å². The zero-order chi connectivity index (χ0) is 12.6. The average Bonchev–Trinajstić information content (AvgIpc) is 2.28. The van der Waals surface area contributed by atoms with Gasteiger partial charge in [-0.1, -0.05) is 0 Å². The van der Waals surface area contributed by atoms with Crippen LogP contribution in [0.5, 0.6) is 0 Å². The van der Waals surface area contributed by atoms with E-state index in [1.165, 1.54) is 44.4 Å². The molecule has 0 amide bonds. The van der Waals surface area contributed by atoms with Crippen LogP contribution in [0.4, 0.5) is 0 Å². The molecule has 0 N–H and O–H groups in total. The van der Waals surface area contributed by atoms with Crippen LogP contribution in [0, 0.1) is 0 Å². The topological polar surface area (TPSA) is 67.6 Å². The van der Waals surface area contributed by atoms with Crippen molar-refractivity contribution in [3.63, 3.8) is 0 Å². The molecule has 0 aliphatic heterocycles. The van der Waals surface area contributed by atoms with E-state index in [0.29, 0.717) is 11.0 Å². The van der Waals surface area contributed by atoms with E-state index in [4.69, 9.17) is 4.42 Å². The third-order valence-corrected chi connectivity index (χ3v) is 4.18. The summed E-state index contributed by atoms with van der Waals surface area (Å²) in [5.41, 5.74) is -0.0871. The summed E-state index contributed by atoms with van der Waals surface area (Å²) >= 11 is 0. The first-order valence-corrected chi connectivity index (χ1v) is 6.32. The van der Waals surface area contributed by atoms with Gasteiger partial charge in [-0.05, 0) is 24.3 Å². The van der Waals surface area contributed by atoms with Crippen LogP contribution in [-0.2, 0) is 10.0 Å². The molecule has 2 aromatic rings. The number of fused-ring (bicyclic) bond motifs is 1. The molecule has 0 atom stereocenters. The fourth-order valence-electron chi connectivity index (χ4n) is 1.42. The molecule has 0 bridgehead atoms. The van der Waals surface area contributed by atoms with E-state index in [1.807, 2.05) is 0 Å². The molecule has 0 aliphatic rings. The molecule has 5 nitrogen and oxygen atoms in total. The SMILES string of the molecule is CN(C)S(=O)(=O)c1ccc2oc(=O)ccc2c1. The first kappa shape index (κ1) is 11.8. The Kier molecular flexibility index (Phi) is 2.76. The van der Waals surface area contributed by atoms with Crippen LogP contribution in [0.15, 0.2) is 44.4 Å². The van der Waals surface area contributed by atoms with Gasteiger partial charge in [0.1, 0.15) is 5.58 Å². The van der Waals surface area contributed by atoms with Crippen molar-refractivity contribution in [1.82, 2.24) is 4.31 Å². The molecule has 0 fully saturated rings. The lowest BCUT2D eigenvalue weighted by Gasteiger charge is -2.11. The minimum atomic E-state index is -3.46. The highest BCUT2D eigenvalue weighted by atomic mass is 32.2. The van der Waals surface area contributed by atoms with Crippen LogP contribution in [-0.4, -0.2) is 26.8 Å². The lowest BCUT2D eigenvalue weighted by molar-refractivity contribution is 0.520. The normalized spacial score (nSPS) is 12.2. The number of hydrogen-bond acceptors (Lipinski definition) is 4. The summed E-state index contributed by atoms with van der Waals surface area (Å²) in [6.45, 7) is 0. The Labute approximate surface area is 98.3 Å². The highest BCUT2D eigenvalue weighted by molar-refractivity contribution is 7.89. The minimum Gasteiger partial charge on any atom is -0.423 e. The Hall–Kier alpha value is -1.66. The van der Waals surface area contributed by atoms with Crippen LogP contribution >= 0.6 is 0 Å². The highest BCUT2D eigenvalue weighted by Crippen LogP contribution is 2.19. The van der Waals surface area contributed by atoms with Gasteiger partial charge in [0.15, 0.2) is 0 Å². The summed E-state index contributed by atoms with van der Waals surface area (Å²) < 4.78 is 29.8. The second-order valence-corrected chi connectivity index (χ2v) is 5.89.